The van der Waals surface area contributed by atoms with Crippen LogP contribution in [0.5, 0.6) is 0 Å². The molecule has 0 bridgehead atoms. The van der Waals surface area contributed by atoms with E-state index >= 15 is 0 Å². The molecule has 104 valence electrons. The Morgan fingerprint density at radius 1 is 1.44 bits per heavy atom. The number of sulfonamides is 1. The second kappa shape index (κ2) is 6.04. The molecule has 2 N–H and O–H groups in total. The van der Waals surface area contributed by atoms with Gasteiger partial charge in [-0.05, 0) is 25.2 Å². The van der Waals surface area contributed by atoms with Crippen LogP contribution < -0.4 is 4.72 Å². The van der Waals surface area contributed by atoms with E-state index in [0.717, 1.165) is 12.8 Å². The molecule has 0 spiro atoms. The van der Waals surface area contributed by atoms with Gasteiger partial charge in [-0.2, -0.15) is 0 Å². The Hall–Kier alpha value is -0.590. The van der Waals surface area contributed by atoms with Gasteiger partial charge in [0.1, 0.15) is 5.82 Å². The zero-order valence-electron chi connectivity index (χ0n) is 11.0. The van der Waals surface area contributed by atoms with E-state index in [-0.39, 0.29) is 10.4 Å². The molecule has 0 radical (unpaired) electrons. The van der Waals surface area contributed by atoms with Crippen molar-refractivity contribution in [3.8, 4) is 0 Å². The molecule has 1 aromatic rings. The maximum atomic E-state index is 12.0. The first-order valence-electron chi connectivity index (χ1n) is 5.96. The molecule has 0 fully saturated rings. The van der Waals surface area contributed by atoms with Crippen LogP contribution in [0.25, 0.3) is 0 Å². The molecular formula is C11H20ClN3O2S. The van der Waals surface area contributed by atoms with Crippen molar-refractivity contribution in [3.05, 3.63) is 12.0 Å². The summed E-state index contributed by atoms with van der Waals surface area (Å²) in [6.45, 7) is 6.07. The minimum absolute atomic E-state index is 0.0932. The standard InChI is InChI=1S/C11H20ClN3O2S/c1-4-11(5-2,7-12)8-14-18(16,17)10-6-13-9(3)15-10/h6,14H,4-5,7-8H2,1-3H3,(H,13,15). The number of rotatable bonds is 7. The lowest BCUT2D eigenvalue weighted by Crippen LogP contribution is -2.38. The Labute approximate surface area is 113 Å². The minimum Gasteiger partial charge on any atom is -0.332 e. The number of hydrogen-bond donors (Lipinski definition) is 2. The van der Waals surface area contributed by atoms with Crippen molar-refractivity contribution in [2.45, 2.75) is 38.6 Å². The molecule has 18 heavy (non-hydrogen) atoms. The fourth-order valence-electron chi connectivity index (χ4n) is 1.60. The number of halogens is 1. The molecule has 0 saturated heterocycles. The molecule has 0 atom stereocenters. The largest absolute Gasteiger partial charge is 0.332 e. The maximum absolute atomic E-state index is 12.0. The number of nitrogens with zero attached hydrogens (tertiary/aromatic N) is 1. The topological polar surface area (TPSA) is 74.8 Å². The van der Waals surface area contributed by atoms with Gasteiger partial charge in [-0.15, -0.1) is 11.6 Å². The molecule has 1 aromatic heterocycles. The van der Waals surface area contributed by atoms with Gasteiger partial charge < -0.3 is 4.98 Å². The first kappa shape index (κ1) is 15.5. The fraction of sp³-hybridized carbons (Fsp3) is 0.727. The molecule has 0 amide bonds. The highest BCUT2D eigenvalue weighted by atomic mass is 35.5. The van der Waals surface area contributed by atoms with Crippen molar-refractivity contribution in [1.82, 2.24) is 14.7 Å². The van der Waals surface area contributed by atoms with Crippen molar-refractivity contribution in [2.24, 2.45) is 5.41 Å². The Morgan fingerprint density at radius 3 is 2.44 bits per heavy atom. The highest BCUT2D eigenvalue weighted by molar-refractivity contribution is 7.89. The van der Waals surface area contributed by atoms with Crippen LogP contribution in [-0.2, 0) is 10.0 Å². The summed E-state index contributed by atoms with van der Waals surface area (Å²) in [6.07, 6.45) is 2.98. The van der Waals surface area contributed by atoms with Crippen LogP contribution in [-0.4, -0.2) is 30.8 Å². The summed E-state index contributed by atoms with van der Waals surface area (Å²) in [5, 5.41) is 0.0932. The van der Waals surface area contributed by atoms with Crippen molar-refractivity contribution in [3.63, 3.8) is 0 Å². The van der Waals surface area contributed by atoms with E-state index in [1.807, 2.05) is 13.8 Å². The van der Waals surface area contributed by atoms with E-state index in [0.29, 0.717) is 18.2 Å². The lowest BCUT2D eigenvalue weighted by molar-refractivity contribution is 0.304. The summed E-state index contributed by atoms with van der Waals surface area (Å²) < 4.78 is 26.6. The third-order valence-electron chi connectivity index (χ3n) is 3.39. The van der Waals surface area contributed by atoms with Gasteiger partial charge in [0.2, 0.25) is 0 Å². The van der Waals surface area contributed by atoms with Crippen molar-refractivity contribution in [2.75, 3.05) is 12.4 Å². The predicted octanol–water partition coefficient (Wildman–Crippen LogP) is 2.04. The summed E-state index contributed by atoms with van der Waals surface area (Å²) in [5.41, 5.74) is -0.191. The third-order valence-corrected chi connectivity index (χ3v) is 5.27. The summed E-state index contributed by atoms with van der Waals surface area (Å²) in [6, 6.07) is 0. The second-order valence-corrected chi connectivity index (χ2v) is 6.50. The van der Waals surface area contributed by atoms with Crippen molar-refractivity contribution < 1.29 is 8.42 Å². The zero-order chi connectivity index (χ0) is 13.8. The normalized spacial score (nSPS) is 12.9. The molecule has 0 aliphatic carbocycles. The number of aromatic amines is 1. The van der Waals surface area contributed by atoms with E-state index in [4.69, 9.17) is 11.6 Å². The highest BCUT2D eigenvalue weighted by Crippen LogP contribution is 2.27. The van der Waals surface area contributed by atoms with Gasteiger partial charge in [0.05, 0.1) is 6.20 Å². The quantitative estimate of drug-likeness (QED) is 0.756. The molecule has 1 heterocycles. The number of H-pyrrole nitrogens is 1. The van der Waals surface area contributed by atoms with Gasteiger partial charge in [0.25, 0.3) is 10.0 Å². The van der Waals surface area contributed by atoms with E-state index in [2.05, 4.69) is 14.7 Å². The van der Waals surface area contributed by atoms with Gasteiger partial charge in [0, 0.05) is 12.4 Å². The van der Waals surface area contributed by atoms with Gasteiger partial charge in [0.15, 0.2) is 5.03 Å². The molecule has 0 unspecified atom stereocenters. The van der Waals surface area contributed by atoms with E-state index in [1.165, 1.54) is 6.20 Å². The van der Waals surface area contributed by atoms with Gasteiger partial charge in [-0.25, -0.2) is 18.1 Å². The van der Waals surface area contributed by atoms with Gasteiger partial charge in [-0.3, -0.25) is 0 Å². The molecule has 0 aromatic carbocycles. The average molecular weight is 294 g/mol. The van der Waals surface area contributed by atoms with Crippen molar-refractivity contribution >= 4 is 21.6 Å². The first-order chi connectivity index (χ1) is 8.39. The summed E-state index contributed by atoms with van der Waals surface area (Å²) in [7, 11) is -3.53. The van der Waals surface area contributed by atoms with E-state index < -0.39 is 10.0 Å². The smallest absolute Gasteiger partial charge is 0.257 e. The lowest BCUT2D eigenvalue weighted by Gasteiger charge is -2.29. The Bertz CT molecular complexity index is 472. The number of nitrogens with one attached hydrogen (secondary N) is 2. The van der Waals surface area contributed by atoms with Crippen LogP contribution in [0.3, 0.4) is 0 Å². The monoisotopic (exact) mass is 293 g/mol. The number of aromatic nitrogens is 2. The number of alkyl halides is 1. The Kier molecular flexibility index (Phi) is 5.19. The van der Waals surface area contributed by atoms with E-state index in [9.17, 15) is 8.42 Å². The second-order valence-electron chi connectivity index (χ2n) is 4.50. The van der Waals surface area contributed by atoms with Gasteiger partial charge >= 0.3 is 0 Å². The van der Waals surface area contributed by atoms with Crippen LogP contribution in [0.4, 0.5) is 0 Å². The summed E-state index contributed by atoms with van der Waals surface area (Å²) >= 11 is 5.95. The first-order valence-corrected chi connectivity index (χ1v) is 7.98. The summed E-state index contributed by atoms with van der Waals surface area (Å²) in [5.74, 6) is 1.01. The third kappa shape index (κ3) is 3.46. The van der Waals surface area contributed by atoms with Crippen LogP contribution in [0.15, 0.2) is 11.2 Å². The average Bonchev–Trinajstić information content (AvgIpc) is 2.79. The number of imidazole rings is 1. The SMILES string of the molecule is CCC(CC)(CCl)CNS(=O)(=O)c1cnc(C)[nH]1. The van der Waals surface area contributed by atoms with Crippen LogP contribution >= 0.6 is 11.6 Å². The predicted molar refractivity (Wildman–Crippen MR) is 72.2 cm³/mol. The molecule has 1 rings (SSSR count). The minimum atomic E-state index is -3.53. The van der Waals surface area contributed by atoms with E-state index in [1.54, 1.807) is 6.92 Å². The zero-order valence-corrected chi connectivity index (χ0v) is 12.5. The Morgan fingerprint density at radius 2 is 2.06 bits per heavy atom. The molecule has 0 saturated carbocycles. The van der Waals surface area contributed by atoms with Crippen LogP contribution in [0.1, 0.15) is 32.5 Å². The Balaban J connectivity index is 2.79. The molecule has 7 heteroatoms. The molecule has 0 aliphatic rings. The number of aryl methyl sites for hydroxylation is 1. The summed E-state index contributed by atoms with van der Waals surface area (Å²) in [4.78, 5) is 6.60. The van der Waals surface area contributed by atoms with Crippen LogP contribution in [0.2, 0.25) is 0 Å². The van der Waals surface area contributed by atoms with Crippen molar-refractivity contribution in [1.29, 1.82) is 0 Å². The fourth-order valence-corrected chi connectivity index (χ4v) is 3.19. The molecule has 0 aliphatic heterocycles. The van der Waals surface area contributed by atoms with Gasteiger partial charge in [-0.1, -0.05) is 13.8 Å². The molecule has 5 nitrogen and oxygen atoms in total. The highest BCUT2D eigenvalue weighted by Gasteiger charge is 2.28. The number of hydrogen-bond acceptors (Lipinski definition) is 3. The maximum Gasteiger partial charge on any atom is 0.257 e. The molecular weight excluding hydrogens is 274 g/mol. The van der Waals surface area contributed by atoms with Crippen LogP contribution in [0, 0.1) is 12.3 Å². The lowest BCUT2D eigenvalue weighted by atomic mass is 9.85.